The molecule has 0 bridgehead atoms. The van der Waals surface area contributed by atoms with Crippen molar-refractivity contribution >= 4 is 15.9 Å². The summed E-state index contributed by atoms with van der Waals surface area (Å²) in [6.45, 7) is 9.64. The Bertz CT molecular complexity index is 485. The summed E-state index contributed by atoms with van der Waals surface area (Å²) < 4.78 is 28.6. The van der Waals surface area contributed by atoms with Crippen LogP contribution in [-0.4, -0.2) is 50.2 Å². The normalized spacial score (nSPS) is 23.5. The Balaban J connectivity index is 2.43. The number of carbonyl (C=O) groups excluding carboxylic acids is 1. The van der Waals surface area contributed by atoms with Crippen molar-refractivity contribution in [3.05, 3.63) is 0 Å². The molecule has 0 aromatic rings. The highest BCUT2D eigenvalue weighted by Gasteiger charge is 2.29. The summed E-state index contributed by atoms with van der Waals surface area (Å²) in [7, 11) is -2.98. The maximum Gasteiger partial charge on any atom is 0.407 e. The van der Waals surface area contributed by atoms with E-state index in [4.69, 9.17) is 4.74 Å². The number of alkyl carbamates (subject to hydrolysis) is 1. The van der Waals surface area contributed by atoms with Crippen molar-refractivity contribution in [1.29, 1.82) is 0 Å². The minimum Gasteiger partial charge on any atom is -0.444 e. The van der Waals surface area contributed by atoms with Crippen molar-refractivity contribution in [1.82, 2.24) is 10.6 Å². The van der Waals surface area contributed by atoms with E-state index in [-0.39, 0.29) is 23.6 Å². The Morgan fingerprint density at radius 3 is 2.52 bits per heavy atom. The molecule has 7 heteroatoms. The van der Waals surface area contributed by atoms with Crippen molar-refractivity contribution in [3.63, 3.8) is 0 Å². The number of hydrogen-bond donors (Lipinski definition) is 2. The van der Waals surface area contributed by atoms with Crippen molar-refractivity contribution in [2.75, 3.05) is 18.1 Å². The molecule has 0 saturated heterocycles. The topological polar surface area (TPSA) is 84.5 Å². The number of sulfone groups is 1. The molecular weight excluding hydrogens is 316 g/mol. The zero-order valence-electron chi connectivity index (χ0n) is 15.0. The third-order valence-corrected chi connectivity index (χ3v) is 5.90. The van der Waals surface area contributed by atoms with Gasteiger partial charge in [0.2, 0.25) is 0 Å². The van der Waals surface area contributed by atoms with Gasteiger partial charge in [0.05, 0.1) is 5.75 Å². The zero-order valence-corrected chi connectivity index (χ0v) is 15.8. The first kappa shape index (κ1) is 20.2. The molecule has 1 saturated carbocycles. The summed E-state index contributed by atoms with van der Waals surface area (Å²) in [6, 6.07) is 0.166. The molecule has 0 aliphatic heterocycles. The lowest BCUT2D eigenvalue weighted by atomic mass is 10.0. The van der Waals surface area contributed by atoms with Gasteiger partial charge in [-0.3, -0.25) is 0 Å². The summed E-state index contributed by atoms with van der Waals surface area (Å²) in [5.74, 6) is 0.647. The molecule has 3 atom stereocenters. The largest absolute Gasteiger partial charge is 0.444 e. The van der Waals surface area contributed by atoms with Crippen molar-refractivity contribution in [2.24, 2.45) is 5.92 Å². The highest BCUT2D eigenvalue weighted by molar-refractivity contribution is 7.91. The van der Waals surface area contributed by atoms with Crippen LogP contribution in [0.5, 0.6) is 0 Å². The fourth-order valence-electron chi connectivity index (χ4n) is 2.94. The van der Waals surface area contributed by atoms with Crippen molar-refractivity contribution in [3.8, 4) is 0 Å². The van der Waals surface area contributed by atoms with Crippen LogP contribution in [0, 0.1) is 5.92 Å². The molecule has 136 valence electrons. The van der Waals surface area contributed by atoms with Gasteiger partial charge in [0.1, 0.15) is 5.60 Å². The molecule has 1 rings (SSSR count). The Kier molecular flexibility index (Phi) is 7.32. The summed E-state index contributed by atoms with van der Waals surface area (Å²) in [5.41, 5.74) is -0.500. The Morgan fingerprint density at radius 1 is 1.30 bits per heavy atom. The molecule has 6 nitrogen and oxygen atoms in total. The number of rotatable bonds is 7. The number of ether oxygens (including phenoxy) is 1. The molecule has 2 N–H and O–H groups in total. The van der Waals surface area contributed by atoms with Gasteiger partial charge in [-0.2, -0.15) is 0 Å². The second kappa shape index (κ2) is 8.33. The third-order valence-electron chi connectivity index (χ3n) is 4.01. The summed E-state index contributed by atoms with van der Waals surface area (Å²) in [5, 5.41) is 6.24. The van der Waals surface area contributed by atoms with E-state index in [1.807, 2.05) is 27.7 Å². The average molecular weight is 349 g/mol. The Hall–Kier alpha value is -0.820. The quantitative estimate of drug-likeness (QED) is 0.736. The molecule has 1 aliphatic carbocycles. The molecule has 0 spiro atoms. The van der Waals surface area contributed by atoms with Crippen LogP contribution in [-0.2, 0) is 14.6 Å². The van der Waals surface area contributed by atoms with E-state index in [1.165, 1.54) is 0 Å². The smallest absolute Gasteiger partial charge is 0.407 e. The first-order chi connectivity index (χ1) is 10.5. The van der Waals surface area contributed by atoms with Crippen LogP contribution in [0.25, 0.3) is 0 Å². The third kappa shape index (κ3) is 8.01. The lowest BCUT2D eigenvalue weighted by molar-refractivity contribution is 0.0517. The van der Waals surface area contributed by atoms with Crippen LogP contribution >= 0.6 is 0 Å². The molecule has 0 radical (unpaired) electrons. The zero-order chi connectivity index (χ0) is 17.7. The number of hydrogen-bond acceptors (Lipinski definition) is 5. The van der Waals surface area contributed by atoms with Gasteiger partial charge < -0.3 is 15.4 Å². The first-order valence-electron chi connectivity index (χ1n) is 8.45. The lowest BCUT2D eigenvalue weighted by Crippen LogP contribution is -2.45. The highest BCUT2D eigenvalue weighted by Crippen LogP contribution is 2.25. The van der Waals surface area contributed by atoms with Gasteiger partial charge in [-0.1, -0.05) is 13.3 Å². The van der Waals surface area contributed by atoms with Gasteiger partial charge in [0.15, 0.2) is 9.84 Å². The standard InChI is InChI=1S/C16H32N2O4S/c1-6-23(20,21)11-12(2)18-14-9-7-8-13(14)10-17-15(19)22-16(3,4)5/h12-14,18H,6-11H2,1-5H3,(H,17,19). The fourth-order valence-corrected chi connectivity index (χ4v) is 4.04. The summed E-state index contributed by atoms with van der Waals surface area (Å²) in [6.07, 6.45) is 2.73. The number of carbonyl (C=O) groups is 1. The average Bonchev–Trinajstić information content (AvgIpc) is 2.81. The maximum absolute atomic E-state index is 11.7. The van der Waals surface area contributed by atoms with E-state index >= 15 is 0 Å². The van der Waals surface area contributed by atoms with E-state index < -0.39 is 21.5 Å². The minimum atomic E-state index is -2.98. The number of amides is 1. The molecule has 1 aliphatic rings. The first-order valence-corrected chi connectivity index (χ1v) is 10.3. The molecule has 0 aromatic heterocycles. The van der Waals surface area contributed by atoms with Gasteiger partial charge in [-0.15, -0.1) is 0 Å². The molecule has 1 fully saturated rings. The van der Waals surface area contributed by atoms with Gasteiger partial charge in [0.25, 0.3) is 0 Å². The molecule has 3 unspecified atom stereocenters. The van der Waals surface area contributed by atoms with Gasteiger partial charge in [-0.05, 0) is 46.5 Å². The van der Waals surface area contributed by atoms with Gasteiger partial charge in [-0.25, -0.2) is 13.2 Å². The summed E-state index contributed by atoms with van der Waals surface area (Å²) in [4.78, 5) is 11.7. The highest BCUT2D eigenvalue weighted by atomic mass is 32.2. The van der Waals surface area contributed by atoms with E-state index in [2.05, 4.69) is 10.6 Å². The van der Waals surface area contributed by atoms with Crippen molar-refractivity contribution < 1.29 is 17.9 Å². The maximum atomic E-state index is 11.7. The van der Waals surface area contributed by atoms with Crippen LogP contribution in [0.2, 0.25) is 0 Å². The predicted molar refractivity (Wildman–Crippen MR) is 92.3 cm³/mol. The predicted octanol–water partition coefficient (Wildman–Crippen LogP) is 2.09. The SMILES string of the molecule is CCS(=O)(=O)CC(C)NC1CCCC1CNC(=O)OC(C)(C)C. The van der Waals surface area contributed by atoms with Crippen LogP contribution < -0.4 is 10.6 Å². The monoisotopic (exact) mass is 348 g/mol. The Labute approximate surface area is 140 Å². The minimum absolute atomic E-state index is 0.0768. The van der Waals surface area contributed by atoms with Crippen LogP contribution in [0.4, 0.5) is 4.79 Å². The Morgan fingerprint density at radius 2 is 1.96 bits per heavy atom. The molecule has 1 amide bonds. The second-order valence-electron chi connectivity index (χ2n) is 7.45. The molecule has 0 heterocycles. The van der Waals surface area contributed by atoms with Crippen LogP contribution in [0.15, 0.2) is 0 Å². The van der Waals surface area contributed by atoms with Crippen LogP contribution in [0.1, 0.15) is 53.9 Å². The van der Waals surface area contributed by atoms with Crippen LogP contribution in [0.3, 0.4) is 0 Å². The van der Waals surface area contributed by atoms with E-state index in [1.54, 1.807) is 6.92 Å². The second-order valence-corrected chi connectivity index (χ2v) is 9.84. The molecule has 0 aromatic carbocycles. The molecule has 23 heavy (non-hydrogen) atoms. The van der Waals surface area contributed by atoms with E-state index in [9.17, 15) is 13.2 Å². The molecular formula is C16H32N2O4S. The lowest BCUT2D eigenvalue weighted by Gasteiger charge is -2.26. The number of nitrogens with one attached hydrogen (secondary N) is 2. The van der Waals surface area contributed by atoms with Gasteiger partial charge >= 0.3 is 6.09 Å². The van der Waals surface area contributed by atoms with Crippen molar-refractivity contribution in [2.45, 2.75) is 71.6 Å². The van der Waals surface area contributed by atoms with E-state index in [0.29, 0.717) is 12.5 Å². The van der Waals surface area contributed by atoms with Gasteiger partial charge in [0, 0.05) is 24.4 Å². The van der Waals surface area contributed by atoms with E-state index in [0.717, 1.165) is 19.3 Å². The summed E-state index contributed by atoms with van der Waals surface area (Å²) >= 11 is 0. The fraction of sp³-hybridized carbons (Fsp3) is 0.938.